The average Bonchev–Trinajstić information content (AvgIpc) is 2.34. The quantitative estimate of drug-likeness (QED) is 0.563. The molecule has 3 nitrogen and oxygen atoms in total. The van der Waals surface area contributed by atoms with Crippen LogP contribution in [0, 0.1) is 5.92 Å². The summed E-state index contributed by atoms with van der Waals surface area (Å²) in [6.45, 7) is 2.61. The molecule has 0 radical (unpaired) electrons. The maximum absolute atomic E-state index is 12.0. The van der Waals surface area contributed by atoms with Gasteiger partial charge in [-0.25, -0.2) is 13.1 Å². The lowest BCUT2D eigenvalue weighted by Crippen LogP contribution is -2.25. The Kier molecular flexibility index (Phi) is 6.84. The van der Waals surface area contributed by atoms with Crippen molar-refractivity contribution in [2.24, 2.45) is 5.92 Å². The standard InChI is InChI=1S/C12H17Br2NO2S/c1-10(9-13)5-4-8-15-18(16,17)12-7-3-2-6-11(12)14/h2-3,6-7,10,15H,4-5,8-9H2,1H3. The van der Waals surface area contributed by atoms with E-state index in [4.69, 9.17) is 0 Å². The second-order valence-corrected chi connectivity index (χ2v) is 7.47. The van der Waals surface area contributed by atoms with Gasteiger partial charge >= 0.3 is 0 Å². The third-order valence-corrected chi connectivity index (χ3v) is 6.13. The summed E-state index contributed by atoms with van der Waals surface area (Å²) in [7, 11) is -3.40. The van der Waals surface area contributed by atoms with E-state index in [0.29, 0.717) is 21.8 Å². The SMILES string of the molecule is CC(CBr)CCCNS(=O)(=O)c1ccccc1Br. The highest BCUT2D eigenvalue weighted by molar-refractivity contribution is 9.10. The Hall–Kier alpha value is 0.0900. The monoisotopic (exact) mass is 397 g/mol. The Morgan fingerprint density at radius 3 is 2.61 bits per heavy atom. The first-order chi connectivity index (χ1) is 8.47. The molecule has 1 rings (SSSR count). The molecule has 0 fully saturated rings. The summed E-state index contributed by atoms with van der Waals surface area (Å²) in [6, 6.07) is 6.82. The lowest BCUT2D eigenvalue weighted by atomic mass is 10.1. The van der Waals surface area contributed by atoms with E-state index in [9.17, 15) is 8.42 Å². The largest absolute Gasteiger partial charge is 0.241 e. The van der Waals surface area contributed by atoms with Crippen LogP contribution in [0.15, 0.2) is 33.6 Å². The topological polar surface area (TPSA) is 46.2 Å². The number of halogens is 2. The van der Waals surface area contributed by atoms with Gasteiger partial charge in [0.15, 0.2) is 0 Å². The molecule has 0 saturated heterocycles. The lowest BCUT2D eigenvalue weighted by Gasteiger charge is -2.10. The molecule has 102 valence electrons. The number of sulfonamides is 1. The van der Waals surface area contributed by atoms with Crippen molar-refractivity contribution in [1.29, 1.82) is 0 Å². The molecule has 0 aliphatic carbocycles. The predicted molar refractivity (Wildman–Crippen MR) is 81.5 cm³/mol. The second kappa shape index (κ2) is 7.62. The zero-order valence-electron chi connectivity index (χ0n) is 10.2. The molecule has 1 aromatic carbocycles. The van der Waals surface area contributed by atoms with E-state index in [1.54, 1.807) is 24.3 Å². The zero-order valence-corrected chi connectivity index (χ0v) is 14.2. The van der Waals surface area contributed by atoms with Crippen LogP contribution in [0.2, 0.25) is 0 Å². The van der Waals surface area contributed by atoms with Crippen LogP contribution < -0.4 is 4.72 Å². The Bertz CT molecular complexity index is 477. The maximum Gasteiger partial charge on any atom is 0.241 e. The van der Waals surface area contributed by atoms with Gasteiger partial charge in [0.05, 0.1) is 4.90 Å². The number of hydrogen-bond donors (Lipinski definition) is 1. The van der Waals surface area contributed by atoms with Crippen LogP contribution in [0.3, 0.4) is 0 Å². The minimum absolute atomic E-state index is 0.290. The van der Waals surface area contributed by atoms with Gasteiger partial charge in [0.2, 0.25) is 10.0 Å². The highest BCUT2D eigenvalue weighted by atomic mass is 79.9. The maximum atomic E-state index is 12.0. The fraction of sp³-hybridized carbons (Fsp3) is 0.500. The van der Waals surface area contributed by atoms with E-state index >= 15 is 0 Å². The number of rotatable bonds is 7. The molecule has 0 aromatic heterocycles. The second-order valence-electron chi connectivity index (χ2n) is 4.23. The highest BCUT2D eigenvalue weighted by Crippen LogP contribution is 2.20. The van der Waals surface area contributed by atoms with Gasteiger partial charge in [-0.3, -0.25) is 0 Å². The van der Waals surface area contributed by atoms with Gasteiger partial charge < -0.3 is 0 Å². The molecule has 0 spiro atoms. The van der Waals surface area contributed by atoms with E-state index in [2.05, 4.69) is 43.5 Å². The van der Waals surface area contributed by atoms with Crippen LogP contribution in [0.1, 0.15) is 19.8 Å². The van der Waals surface area contributed by atoms with Crippen LogP contribution in [0.25, 0.3) is 0 Å². The van der Waals surface area contributed by atoms with E-state index in [-0.39, 0.29) is 0 Å². The fourth-order valence-corrected chi connectivity index (χ4v) is 3.87. The van der Waals surface area contributed by atoms with Crippen LogP contribution in [-0.2, 0) is 10.0 Å². The summed E-state index contributed by atoms with van der Waals surface area (Å²) < 4.78 is 27.2. The van der Waals surface area contributed by atoms with Crippen LogP contribution in [0.4, 0.5) is 0 Å². The summed E-state index contributed by atoms with van der Waals surface area (Å²) >= 11 is 6.66. The van der Waals surface area contributed by atoms with Crippen LogP contribution >= 0.6 is 31.9 Å². The summed E-state index contributed by atoms with van der Waals surface area (Å²) in [5.41, 5.74) is 0. The Labute approximate surface area is 126 Å². The lowest BCUT2D eigenvalue weighted by molar-refractivity contribution is 0.546. The number of hydrogen-bond acceptors (Lipinski definition) is 2. The van der Waals surface area contributed by atoms with E-state index in [1.165, 1.54) is 0 Å². The average molecular weight is 399 g/mol. The molecular formula is C12H17Br2NO2S. The molecule has 1 aromatic rings. The van der Waals surface area contributed by atoms with Crippen molar-refractivity contribution in [1.82, 2.24) is 4.72 Å². The molecule has 1 unspecified atom stereocenters. The number of alkyl halides is 1. The number of benzene rings is 1. The van der Waals surface area contributed by atoms with Crippen molar-refractivity contribution in [2.75, 3.05) is 11.9 Å². The van der Waals surface area contributed by atoms with E-state index in [0.717, 1.165) is 18.2 Å². The molecule has 0 aliphatic heterocycles. The van der Waals surface area contributed by atoms with Gasteiger partial charge in [0.1, 0.15) is 0 Å². The fourth-order valence-electron chi connectivity index (χ4n) is 1.47. The van der Waals surface area contributed by atoms with Crippen molar-refractivity contribution in [3.8, 4) is 0 Å². The first-order valence-electron chi connectivity index (χ1n) is 5.77. The highest BCUT2D eigenvalue weighted by Gasteiger charge is 2.16. The molecule has 0 saturated carbocycles. The molecule has 0 heterocycles. The molecule has 18 heavy (non-hydrogen) atoms. The molecule has 0 amide bonds. The Morgan fingerprint density at radius 2 is 2.00 bits per heavy atom. The van der Waals surface area contributed by atoms with E-state index < -0.39 is 10.0 Å². The molecule has 1 atom stereocenters. The number of nitrogens with one attached hydrogen (secondary N) is 1. The molecule has 0 bridgehead atoms. The zero-order chi connectivity index (χ0) is 13.6. The minimum atomic E-state index is -3.40. The van der Waals surface area contributed by atoms with Crippen LogP contribution in [-0.4, -0.2) is 20.3 Å². The van der Waals surface area contributed by atoms with Gasteiger partial charge in [-0.05, 0) is 46.8 Å². The Balaban J connectivity index is 2.54. The van der Waals surface area contributed by atoms with Gasteiger partial charge in [-0.2, -0.15) is 0 Å². The summed E-state index contributed by atoms with van der Waals surface area (Å²) in [6.07, 6.45) is 1.85. The minimum Gasteiger partial charge on any atom is -0.211 e. The van der Waals surface area contributed by atoms with Crippen molar-refractivity contribution in [3.63, 3.8) is 0 Å². The molecule has 6 heteroatoms. The normalized spacial score (nSPS) is 13.5. The smallest absolute Gasteiger partial charge is 0.211 e. The van der Waals surface area contributed by atoms with E-state index in [1.807, 2.05) is 0 Å². The third kappa shape index (κ3) is 4.99. The van der Waals surface area contributed by atoms with Gasteiger partial charge in [0.25, 0.3) is 0 Å². The van der Waals surface area contributed by atoms with Gasteiger partial charge in [-0.15, -0.1) is 0 Å². The van der Waals surface area contributed by atoms with Gasteiger partial charge in [0, 0.05) is 16.3 Å². The van der Waals surface area contributed by atoms with Gasteiger partial charge in [-0.1, -0.05) is 35.0 Å². The summed E-state index contributed by atoms with van der Waals surface area (Å²) in [4.78, 5) is 0.290. The molecule has 0 aliphatic rings. The first kappa shape index (κ1) is 16.1. The molecule has 1 N–H and O–H groups in total. The van der Waals surface area contributed by atoms with Crippen LogP contribution in [0.5, 0.6) is 0 Å². The summed E-state index contributed by atoms with van der Waals surface area (Å²) in [5.74, 6) is 0.568. The first-order valence-corrected chi connectivity index (χ1v) is 9.17. The van der Waals surface area contributed by atoms with Crippen molar-refractivity contribution in [3.05, 3.63) is 28.7 Å². The summed E-state index contributed by atoms with van der Waals surface area (Å²) in [5, 5.41) is 0.948. The van der Waals surface area contributed by atoms with Crippen molar-refractivity contribution >= 4 is 41.9 Å². The predicted octanol–water partition coefficient (Wildman–Crippen LogP) is 3.54. The molecular weight excluding hydrogens is 382 g/mol. The Morgan fingerprint density at radius 1 is 1.33 bits per heavy atom. The van der Waals surface area contributed by atoms with Crippen molar-refractivity contribution < 1.29 is 8.42 Å². The van der Waals surface area contributed by atoms with Crippen molar-refractivity contribution in [2.45, 2.75) is 24.7 Å². The third-order valence-electron chi connectivity index (χ3n) is 2.56.